The zero-order chi connectivity index (χ0) is 84.3. The number of aliphatic hydroxyl groups is 3. The average Bonchev–Trinajstić information content (AvgIpc) is 1.62. The van der Waals surface area contributed by atoms with Crippen LogP contribution in [0.25, 0.3) is 11.1 Å². The van der Waals surface area contributed by atoms with E-state index in [1.807, 2.05) is 146 Å². The summed E-state index contributed by atoms with van der Waals surface area (Å²) in [4.78, 5) is 61.1. The smallest absolute Gasteiger partial charge is 0.454 e. The summed E-state index contributed by atoms with van der Waals surface area (Å²) in [5.41, 5.74) is 14.4. The van der Waals surface area contributed by atoms with E-state index in [0.717, 1.165) is 130 Å². The van der Waals surface area contributed by atoms with Crippen LogP contribution < -0.4 is 61.3 Å². The highest BCUT2D eigenvalue weighted by Crippen LogP contribution is 2.54. The Kier molecular flexibility index (Phi) is 26.4. The molecule has 8 aromatic carbocycles. The molecule has 0 unspecified atom stereocenters. The summed E-state index contributed by atoms with van der Waals surface area (Å²) in [5, 5.41) is 36.8. The third kappa shape index (κ3) is 20.4. The Morgan fingerprint density at radius 3 is 1.17 bits per heavy atom. The van der Waals surface area contributed by atoms with Crippen molar-refractivity contribution < 1.29 is 90.5 Å². The fourth-order valence-corrected chi connectivity index (χ4v) is 12.7. The van der Waals surface area contributed by atoms with Crippen LogP contribution in [0.3, 0.4) is 0 Å². The predicted molar refractivity (Wildman–Crippen MR) is 445 cm³/mol. The highest BCUT2D eigenvalue weighted by molar-refractivity contribution is 9.10. The molecule has 15 rings (SSSR count). The van der Waals surface area contributed by atoms with Gasteiger partial charge in [-0.15, -0.1) is 0 Å². The van der Waals surface area contributed by atoms with Crippen molar-refractivity contribution in [1.82, 2.24) is 0 Å². The van der Waals surface area contributed by atoms with Crippen molar-refractivity contribution in [3.63, 3.8) is 0 Å². The van der Waals surface area contributed by atoms with E-state index in [2.05, 4.69) is 47.8 Å². The lowest BCUT2D eigenvalue weighted by atomic mass is 9.70. The van der Waals surface area contributed by atoms with Crippen molar-refractivity contribution in [2.75, 3.05) is 36.3 Å². The number of benzene rings is 8. The zero-order valence-corrected chi connectivity index (χ0v) is 70.3. The maximum atomic E-state index is 14.7. The van der Waals surface area contributed by atoms with Crippen molar-refractivity contribution in [2.45, 2.75) is 192 Å². The molecule has 0 bridgehead atoms. The highest BCUT2D eigenvalue weighted by Gasteiger charge is 2.55. The number of hydrogen-bond donors (Lipinski definition) is 8. The first-order valence-corrected chi connectivity index (χ1v) is 39.0. The fraction of sp³-hybridized carbons (Fsp3) is 0.384. The molecule has 0 atom stereocenters. The summed E-state index contributed by atoms with van der Waals surface area (Å²) in [6.45, 7) is 27.9. The van der Waals surface area contributed by atoms with Crippen molar-refractivity contribution in [3.8, 4) is 45.6 Å². The van der Waals surface area contributed by atoms with Gasteiger partial charge in [-0.1, -0.05) is 64.0 Å². The van der Waals surface area contributed by atoms with Crippen LogP contribution in [0.4, 0.5) is 25.8 Å². The van der Waals surface area contributed by atoms with Gasteiger partial charge in [0.15, 0.2) is 34.5 Å². The second-order valence-electron chi connectivity index (χ2n) is 32.5. The molecular weight excluding hydrogens is 1610 g/mol. The van der Waals surface area contributed by atoms with Gasteiger partial charge in [-0.05, 0) is 300 Å². The molecule has 7 aliphatic rings. The lowest BCUT2D eigenvalue weighted by Crippen LogP contribution is -2.48. The number of hydrogen-bond acceptors (Lipinski definition) is 17. The van der Waals surface area contributed by atoms with E-state index in [1.165, 1.54) is 24.3 Å². The third-order valence-corrected chi connectivity index (χ3v) is 23.9. The molecule has 5 amide bonds. The number of anilines is 3. The molecule has 22 nitrogen and oxygen atoms in total. The molecule has 3 radical (unpaired) electrons. The maximum Gasteiger partial charge on any atom is 0.495 e. The normalized spacial score (nSPS) is 16.6. The van der Waals surface area contributed by atoms with Crippen molar-refractivity contribution >= 4 is 106 Å². The van der Waals surface area contributed by atoms with Crippen LogP contribution in [-0.2, 0) is 44.6 Å². The number of ether oxygens (including phenoxy) is 6. The van der Waals surface area contributed by atoms with Crippen LogP contribution in [0.2, 0.25) is 0 Å². The largest absolute Gasteiger partial charge is 0.495 e. The molecule has 0 aromatic heterocycles. The van der Waals surface area contributed by atoms with Gasteiger partial charge in [-0.3, -0.25) is 24.0 Å². The number of primary amides is 2. The molecule has 29 heteroatoms. The first kappa shape index (κ1) is 88.1. The lowest BCUT2D eigenvalue weighted by molar-refractivity contribution is -0.119. The second-order valence-corrected chi connectivity index (χ2v) is 34.2. The quantitative estimate of drug-likeness (QED) is 0.0393. The molecule has 605 valence electrons. The molecule has 4 heterocycles. The van der Waals surface area contributed by atoms with Gasteiger partial charge in [0, 0.05) is 38.2 Å². The Morgan fingerprint density at radius 1 is 0.452 bits per heavy atom. The summed E-state index contributed by atoms with van der Waals surface area (Å²) < 4.78 is 78.6. The van der Waals surface area contributed by atoms with Gasteiger partial charge in [-0.25, -0.2) is 8.78 Å². The molecule has 4 fully saturated rings. The van der Waals surface area contributed by atoms with Gasteiger partial charge in [0.25, 0.3) is 0 Å². The Labute approximate surface area is 688 Å². The molecule has 3 aliphatic carbocycles. The van der Waals surface area contributed by atoms with E-state index in [-0.39, 0.29) is 49.2 Å². The Balaban J connectivity index is 0.000000157. The first-order chi connectivity index (χ1) is 53.7. The first-order valence-electron chi connectivity index (χ1n) is 37.4. The fourth-order valence-electron chi connectivity index (χ4n) is 12.1. The van der Waals surface area contributed by atoms with Crippen molar-refractivity contribution in [3.05, 3.63) is 211 Å². The number of amides is 5. The van der Waals surface area contributed by atoms with Gasteiger partial charge < -0.3 is 85.1 Å². The number of nitrogens with two attached hydrogens (primary N) is 2. The molecule has 4 aliphatic heterocycles. The van der Waals surface area contributed by atoms with Gasteiger partial charge >= 0.3 is 7.12 Å². The number of fused-ring (bicyclic) bond motifs is 3. The van der Waals surface area contributed by atoms with Crippen molar-refractivity contribution in [2.24, 2.45) is 11.5 Å². The summed E-state index contributed by atoms with van der Waals surface area (Å²) in [6.07, 6.45) is 4.81. The van der Waals surface area contributed by atoms with E-state index >= 15 is 0 Å². The predicted octanol–water partition coefficient (Wildman–Crippen LogP) is 14.6. The third-order valence-electron chi connectivity index (χ3n) is 22.4. The Morgan fingerprint density at radius 2 is 0.817 bits per heavy atom. The number of carbonyl (C=O) groups excluding carboxylic acids is 5. The van der Waals surface area contributed by atoms with Gasteiger partial charge in [-0.2, -0.15) is 0 Å². The van der Waals surface area contributed by atoms with E-state index in [9.17, 15) is 37.9 Å². The summed E-state index contributed by atoms with van der Waals surface area (Å²) in [6, 6.07) is 42.4. The summed E-state index contributed by atoms with van der Waals surface area (Å²) >= 11 is 6.45. The monoisotopic (exact) mass is 1700 g/mol. The molecule has 10 N–H and O–H groups in total. The van der Waals surface area contributed by atoms with Crippen LogP contribution in [-0.4, -0.2) is 121 Å². The number of aryl methyl sites for hydroxylation is 3. The summed E-state index contributed by atoms with van der Waals surface area (Å²) in [7, 11) is 5.68. The maximum absolute atomic E-state index is 14.7. The van der Waals surface area contributed by atoms with E-state index < -0.39 is 80.4 Å². The van der Waals surface area contributed by atoms with Crippen LogP contribution >= 0.6 is 31.9 Å². The molecule has 115 heavy (non-hydrogen) atoms. The van der Waals surface area contributed by atoms with Crippen LogP contribution in [0.1, 0.15) is 176 Å². The van der Waals surface area contributed by atoms with Gasteiger partial charge in [0.1, 0.15) is 11.6 Å². The molecule has 8 aromatic rings. The van der Waals surface area contributed by atoms with E-state index in [4.69, 9.17) is 71.8 Å². The number of nitrogens with one attached hydrogen (secondary N) is 3. The van der Waals surface area contributed by atoms with Crippen LogP contribution in [0.15, 0.2) is 155 Å². The topological polar surface area (TPSA) is 317 Å². The molecule has 1 saturated heterocycles. The Bertz CT molecular complexity index is 4970. The van der Waals surface area contributed by atoms with E-state index in [1.54, 1.807) is 67.5 Å². The van der Waals surface area contributed by atoms with Crippen LogP contribution in [0.5, 0.6) is 34.5 Å². The standard InChI is InChI=1S/C25H21FN2O4.C24H28BNO5.C18H16BrNO3.C7H5BrFNO.C6H13B2O2.C6H14O2/c1-14-2-5-17(12-19(14)18-6-3-15(23(27)29)10-20(18)26)28-24(30)25(8-9-25)16-4-7-21-22(11-16)32-13-31-21;1-15-6-8-17(13-18(15)25-30-22(2,3)23(4,5)31-25)26-21(27)24(10-11-24)16-7-9-19-20(12-16)29-14-28-19;1-11-2-4-13(9-14(11)19)20-17(21)18(6-7-18)12-3-5-15-16(8-12)23-10-22-15;8-5-2-1-4(7(10)11)3-6(5)9;1-5(2,9)6(3,4)10-8-7;1-5(2,7)6(3,4)8/h2-7,10-12H,8-9,13H2,1H3,(H2,27,29)(H,28,30);6-9,12-13H,10-11,14H2,1-5H3,(H,26,27);2-5,8-9H,6-7,10H2,1H3,(H,20,21);1-3H,(H2,10,11);9H,1-4H3;7-8H,1-4H3. The minimum atomic E-state index is -1.01. The van der Waals surface area contributed by atoms with Crippen LogP contribution in [0, 0.1) is 32.4 Å². The zero-order valence-electron chi connectivity index (χ0n) is 67.2. The number of carbonyl (C=O) groups is 5. The second kappa shape index (κ2) is 34.5. The molecule has 0 spiro atoms. The minimum absolute atomic E-state index is 0.00455. The van der Waals surface area contributed by atoms with Gasteiger partial charge in [0.05, 0.1) is 62.1 Å². The minimum Gasteiger partial charge on any atom is -0.454 e. The SMILES string of the molecule is CC(C)(O)C(C)(C)O.Cc1ccc(NC(=O)C2(c3ccc4c(c3)OCO4)CC2)cc1-c1ccc(C(N)=O)cc1F.Cc1ccc(NC(=O)C2(c3ccc4c(c3)OCO4)CC2)cc1B1OC(C)(C)C(C)(C)O1.Cc1ccc(NC(=O)C2(c3ccc4c(c3)OCO4)CC2)cc1Br.NC(=O)c1ccc(Br)c(F)c1.[B][B]OC(C)(C)C(C)(C)O. The van der Waals surface area contributed by atoms with Crippen molar-refractivity contribution in [1.29, 1.82) is 0 Å². The number of halogens is 4. The highest BCUT2D eigenvalue weighted by atomic mass is 79.9. The molecule has 3 saturated carbocycles. The summed E-state index contributed by atoms with van der Waals surface area (Å²) in [5.74, 6) is 1.79. The van der Waals surface area contributed by atoms with E-state index in [0.29, 0.717) is 38.5 Å². The lowest BCUT2D eigenvalue weighted by Gasteiger charge is -2.37. The van der Waals surface area contributed by atoms with Gasteiger partial charge in [0.2, 0.25) is 57.3 Å². The Hall–Kier alpha value is -9.32. The molecular formula is C86H97B3Br2F2N5O17. The average molecular weight is 1700 g/mol. The number of rotatable bonds is 17.